The number of allylic oxidation sites excluding steroid dienone is 5. The third kappa shape index (κ3) is 31.3. The van der Waals surface area contributed by atoms with E-state index in [2.05, 4.69) is 43.5 Å². The number of aliphatic hydroxyl groups is 5. The van der Waals surface area contributed by atoms with Crippen LogP contribution in [0, 0.1) is 0 Å². The molecule has 7 unspecified atom stereocenters. The van der Waals surface area contributed by atoms with Gasteiger partial charge in [-0.2, -0.15) is 0 Å². The Morgan fingerprint density at radius 3 is 1.40 bits per heavy atom. The van der Waals surface area contributed by atoms with Gasteiger partial charge in [0.15, 0.2) is 6.29 Å². The van der Waals surface area contributed by atoms with Crippen LogP contribution < -0.4 is 5.32 Å². The minimum Gasteiger partial charge on any atom is -0.394 e. The van der Waals surface area contributed by atoms with Crippen molar-refractivity contribution in [2.45, 2.75) is 269 Å². The third-order valence-corrected chi connectivity index (χ3v) is 11.9. The lowest BCUT2D eigenvalue weighted by molar-refractivity contribution is -0.302. The van der Waals surface area contributed by atoms with E-state index in [1.165, 1.54) is 161 Å². The number of rotatable bonds is 42. The van der Waals surface area contributed by atoms with Gasteiger partial charge in [-0.1, -0.05) is 211 Å². The number of carbonyl (C=O) groups excluding carboxylic acids is 1. The van der Waals surface area contributed by atoms with Gasteiger partial charge in [-0.3, -0.25) is 4.79 Å². The van der Waals surface area contributed by atoms with E-state index in [1.54, 1.807) is 6.08 Å². The fraction of sp³-hybridized carbons (Fsp3) is 0.863. The van der Waals surface area contributed by atoms with Gasteiger partial charge in [0.2, 0.25) is 5.91 Å². The fourth-order valence-electron chi connectivity index (χ4n) is 7.89. The van der Waals surface area contributed by atoms with Crippen LogP contribution in [-0.4, -0.2) is 87.5 Å². The number of hydrogen-bond acceptors (Lipinski definition) is 8. The molecule has 0 saturated carbocycles. The number of nitrogens with one attached hydrogen (secondary N) is 1. The molecule has 0 spiro atoms. The van der Waals surface area contributed by atoms with Crippen LogP contribution in [0.15, 0.2) is 36.5 Å². The molecule has 1 aliphatic rings. The monoisotopic (exact) mass is 850 g/mol. The Hall–Kier alpha value is -1.59. The van der Waals surface area contributed by atoms with Crippen molar-refractivity contribution in [2.24, 2.45) is 0 Å². The predicted octanol–water partition coefficient (Wildman–Crippen LogP) is 11.2. The highest BCUT2D eigenvalue weighted by Crippen LogP contribution is 2.23. The molecule has 7 atom stereocenters. The lowest BCUT2D eigenvalue weighted by Gasteiger charge is -2.40. The van der Waals surface area contributed by atoms with E-state index in [-0.39, 0.29) is 12.5 Å². The molecule has 1 heterocycles. The number of ether oxygens (including phenoxy) is 2. The van der Waals surface area contributed by atoms with Gasteiger partial charge >= 0.3 is 0 Å². The molecule has 1 rings (SSSR count). The van der Waals surface area contributed by atoms with Crippen LogP contribution in [0.25, 0.3) is 0 Å². The molecule has 6 N–H and O–H groups in total. The molecule has 0 aromatic rings. The summed E-state index contributed by atoms with van der Waals surface area (Å²) in [6, 6.07) is -0.823. The average Bonchev–Trinajstić information content (AvgIpc) is 3.25. The summed E-state index contributed by atoms with van der Waals surface area (Å²) in [6.07, 6.45) is 45.3. The number of aliphatic hydroxyl groups excluding tert-OH is 5. The molecule has 1 aliphatic heterocycles. The SMILES string of the molecule is CCCCCCCCCCCCCCCCCCCCC/C=C/CC/C=C/CC/C=C/C(O)C(COC1OC(CO)C(O)C(O)C1O)NC(=O)CCCCCCCCCC. The highest BCUT2D eigenvalue weighted by Gasteiger charge is 2.44. The van der Waals surface area contributed by atoms with Crippen LogP contribution in [0.1, 0.15) is 226 Å². The normalized spacial score (nSPS) is 20.8. The lowest BCUT2D eigenvalue weighted by atomic mass is 9.99. The summed E-state index contributed by atoms with van der Waals surface area (Å²) in [5.41, 5.74) is 0. The van der Waals surface area contributed by atoms with Gasteiger partial charge < -0.3 is 40.3 Å². The molecule has 60 heavy (non-hydrogen) atoms. The second kappa shape index (κ2) is 41.4. The van der Waals surface area contributed by atoms with E-state index in [1.807, 2.05) is 6.08 Å². The zero-order valence-corrected chi connectivity index (χ0v) is 38.7. The standard InChI is InChI=1S/C51H95NO8/c1-3-5-7-9-11-13-14-15-16-17-18-19-20-21-22-23-24-25-26-27-28-29-30-31-32-33-34-36-38-40-45(54)44(52-47(55)41-39-37-35-12-10-8-6-4-2)43-59-51-50(58)49(57)48(56)46(42-53)60-51/h28-29,32-33,38,40,44-46,48-51,53-54,56-58H,3-27,30-31,34-37,39,41-43H2,1-2H3,(H,52,55)/b29-28+,33-32+,40-38+. The van der Waals surface area contributed by atoms with Gasteiger partial charge in [0, 0.05) is 6.42 Å². The summed E-state index contributed by atoms with van der Waals surface area (Å²) in [5, 5.41) is 54.0. The largest absolute Gasteiger partial charge is 0.394 e. The molecule has 0 aliphatic carbocycles. The molecule has 0 radical (unpaired) electrons. The smallest absolute Gasteiger partial charge is 0.220 e. The molecule has 0 aromatic heterocycles. The first-order valence-corrected chi connectivity index (χ1v) is 25.2. The van der Waals surface area contributed by atoms with Crippen molar-refractivity contribution in [3.63, 3.8) is 0 Å². The van der Waals surface area contributed by atoms with Gasteiger partial charge in [0.1, 0.15) is 24.4 Å². The Labute approximate surface area is 368 Å². The van der Waals surface area contributed by atoms with Crippen molar-refractivity contribution in [1.29, 1.82) is 0 Å². The quantitative estimate of drug-likeness (QED) is 0.0263. The fourth-order valence-corrected chi connectivity index (χ4v) is 7.89. The number of unbranched alkanes of at least 4 members (excludes halogenated alkanes) is 28. The van der Waals surface area contributed by atoms with E-state index in [0.29, 0.717) is 6.42 Å². The Kier molecular flexibility index (Phi) is 39.0. The van der Waals surface area contributed by atoms with Gasteiger partial charge in [0.05, 0.1) is 25.4 Å². The Morgan fingerprint density at radius 1 is 0.550 bits per heavy atom. The Morgan fingerprint density at radius 2 is 0.950 bits per heavy atom. The summed E-state index contributed by atoms with van der Waals surface area (Å²) >= 11 is 0. The summed E-state index contributed by atoms with van der Waals surface area (Å²) in [5.74, 6) is -0.196. The molecule has 9 nitrogen and oxygen atoms in total. The second-order valence-electron chi connectivity index (χ2n) is 17.6. The topological polar surface area (TPSA) is 149 Å². The molecule has 352 valence electrons. The summed E-state index contributed by atoms with van der Waals surface area (Å²) in [6.45, 7) is 3.72. The minimum absolute atomic E-state index is 0.196. The summed E-state index contributed by atoms with van der Waals surface area (Å²) in [7, 11) is 0. The van der Waals surface area contributed by atoms with Crippen LogP contribution >= 0.6 is 0 Å². The lowest BCUT2D eigenvalue weighted by Crippen LogP contribution is -2.60. The van der Waals surface area contributed by atoms with Gasteiger partial charge in [0.25, 0.3) is 0 Å². The van der Waals surface area contributed by atoms with E-state index in [9.17, 15) is 30.3 Å². The molecule has 1 amide bonds. The van der Waals surface area contributed by atoms with Crippen LogP contribution in [0.4, 0.5) is 0 Å². The zero-order valence-electron chi connectivity index (χ0n) is 38.7. The van der Waals surface area contributed by atoms with Gasteiger partial charge in [-0.15, -0.1) is 0 Å². The van der Waals surface area contributed by atoms with E-state index >= 15 is 0 Å². The van der Waals surface area contributed by atoms with Crippen LogP contribution in [0.3, 0.4) is 0 Å². The maximum Gasteiger partial charge on any atom is 0.220 e. The first-order chi connectivity index (χ1) is 29.3. The highest BCUT2D eigenvalue weighted by atomic mass is 16.7. The first-order valence-electron chi connectivity index (χ1n) is 25.2. The van der Waals surface area contributed by atoms with E-state index in [4.69, 9.17) is 9.47 Å². The summed E-state index contributed by atoms with van der Waals surface area (Å²) in [4.78, 5) is 12.8. The van der Waals surface area contributed by atoms with Gasteiger partial charge in [-0.25, -0.2) is 0 Å². The number of hydrogen-bond donors (Lipinski definition) is 6. The van der Waals surface area contributed by atoms with Gasteiger partial charge in [-0.05, 0) is 44.9 Å². The van der Waals surface area contributed by atoms with E-state index in [0.717, 1.165) is 44.9 Å². The molecule has 1 saturated heterocycles. The van der Waals surface area contributed by atoms with Crippen molar-refractivity contribution < 1.29 is 39.8 Å². The average molecular weight is 850 g/mol. The molecular weight excluding hydrogens is 755 g/mol. The number of amides is 1. The van der Waals surface area contributed by atoms with Crippen molar-refractivity contribution >= 4 is 5.91 Å². The second-order valence-corrected chi connectivity index (χ2v) is 17.6. The van der Waals surface area contributed by atoms with Crippen molar-refractivity contribution in [1.82, 2.24) is 5.32 Å². The van der Waals surface area contributed by atoms with Crippen molar-refractivity contribution in [3.05, 3.63) is 36.5 Å². The van der Waals surface area contributed by atoms with Crippen LogP contribution in [0.2, 0.25) is 0 Å². The van der Waals surface area contributed by atoms with Crippen LogP contribution in [0.5, 0.6) is 0 Å². The Bertz CT molecular complexity index is 1030. The summed E-state index contributed by atoms with van der Waals surface area (Å²) < 4.78 is 11.2. The maximum atomic E-state index is 12.8. The first kappa shape index (κ1) is 56.4. The number of carbonyl (C=O) groups is 1. The predicted molar refractivity (Wildman–Crippen MR) is 249 cm³/mol. The third-order valence-electron chi connectivity index (χ3n) is 11.9. The molecule has 0 bridgehead atoms. The van der Waals surface area contributed by atoms with Crippen molar-refractivity contribution in [2.75, 3.05) is 13.2 Å². The molecule has 1 fully saturated rings. The highest BCUT2D eigenvalue weighted by molar-refractivity contribution is 5.76. The van der Waals surface area contributed by atoms with Crippen LogP contribution in [-0.2, 0) is 14.3 Å². The molecule has 9 heteroatoms. The van der Waals surface area contributed by atoms with Crippen molar-refractivity contribution in [3.8, 4) is 0 Å². The Balaban J connectivity index is 2.21. The maximum absolute atomic E-state index is 12.8. The minimum atomic E-state index is -1.57. The zero-order chi connectivity index (χ0) is 43.7. The molecular formula is C51H95NO8. The van der Waals surface area contributed by atoms with E-state index < -0.39 is 49.5 Å². The molecule has 0 aromatic carbocycles.